The zero-order chi connectivity index (χ0) is 15.2. The van der Waals surface area contributed by atoms with Crippen LogP contribution in [0.1, 0.15) is 12.7 Å². The number of halogens is 1. The summed E-state index contributed by atoms with van der Waals surface area (Å²) in [6.07, 6.45) is 0. The third kappa shape index (κ3) is 3.45. The molecular weight excluding hydrogens is 273 g/mol. The Morgan fingerprint density at radius 2 is 2.10 bits per heavy atom. The summed E-state index contributed by atoms with van der Waals surface area (Å²) < 4.78 is 19.0. The maximum atomic E-state index is 14.0. The van der Waals surface area contributed by atoms with Gasteiger partial charge in [-0.1, -0.05) is 12.1 Å². The molecule has 21 heavy (non-hydrogen) atoms. The van der Waals surface area contributed by atoms with Crippen LogP contribution >= 0.6 is 0 Å². The molecular formula is C14H18FN5O. The van der Waals surface area contributed by atoms with Crippen LogP contribution in [0.5, 0.6) is 0 Å². The highest BCUT2D eigenvalue weighted by Gasteiger charge is 2.15. The quantitative estimate of drug-likeness (QED) is 0.627. The second kappa shape index (κ2) is 6.96. The van der Waals surface area contributed by atoms with E-state index in [4.69, 9.17) is 10.6 Å². The van der Waals surface area contributed by atoms with E-state index in [-0.39, 0.29) is 12.4 Å². The predicted molar refractivity (Wildman–Crippen MR) is 79.6 cm³/mol. The van der Waals surface area contributed by atoms with Gasteiger partial charge in [0.1, 0.15) is 24.1 Å². The first-order valence-corrected chi connectivity index (χ1v) is 6.55. The van der Waals surface area contributed by atoms with Crippen molar-refractivity contribution >= 4 is 17.3 Å². The maximum absolute atomic E-state index is 14.0. The molecule has 0 fully saturated rings. The van der Waals surface area contributed by atoms with Crippen LogP contribution in [0.2, 0.25) is 0 Å². The van der Waals surface area contributed by atoms with Crippen molar-refractivity contribution in [3.8, 4) is 0 Å². The second-order valence-corrected chi connectivity index (χ2v) is 4.30. The zero-order valence-corrected chi connectivity index (χ0v) is 12.0. The number of benzene rings is 1. The Hall–Kier alpha value is -2.25. The monoisotopic (exact) mass is 291 g/mol. The molecule has 1 aromatic heterocycles. The molecule has 0 saturated carbocycles. The third-order valence-electron chi connectivity index (χ3n) is 2.92. The van der Waals surface area contributed by atoms with E-state index in [1.165, 1.54) is 6.07 Å². The van der Waals surface area contributed by atoms with Crippen molar-refractivity contribution in [1.82, 2.24) is 9.97 Å². The number of nitrogens with one attached hydrogen (secondary N) is 1. The van der Waals surface area contributed by atoms with Crippen molar-refractivity contribution in [3.63, 3.8) is 0 Å². The summed E-state index contributed by atoms with van der Waals surface area (Å²) in [4.78, 5) is 10.3. The molecule has 2 rings (SSSR count). The highest BCUT2D eigenvalue weighted by Crippen LogP contribution is 2.27. The Kier molecular flexibility index (Phi) is 5.02. The van der Waals surface area contributed by atoms with Crippen molar-refractivity contribution < 1.29 is 9.13 Å². The van der Waals surface area contributed by atoms with E-state index >= 15 is 0 Å². The lowest BCUT2D eigenvalue weighted by atomic mass is 10.2. The smallest absolute Gasteiger partial charge is 0.158 e. The van der Waals surface area contributed by atoms with Gasteiger partial charge in [-0.3, -0.25) is 0 Å². The van der Waals surface area contributed by atoms with Crippen LogP contribution in [0.25, 0.3) is 0 Å². The van der Waals surface area contributed by atoms with E-state index in [0.717, 1.165) is 0 Å². The van der Waals surface area contributed by atoms with Crippen LogP contribution in [-0.4, -0.2) is 23.6 Å². The van der Waals surface area contributed by atoms with Crippen molar-refractivity contribution in [3.05, 3.63) is 42.0 Å². The number of nitrogens with zero attached hydrogens (tertiary/aromatic N) is 3. The molecule has 1 heterocycles. The van der Waals surface area contributed by atoms with Gasteiger partial charge in [-0.15, -0.1) is 0 Å². The van der Waals surface area contributed by atoms with E-state index < -0.39 is 0 Å². The van der Waals surface area contributed by atoms with Crippen molar-refractivity contribution in [2.24, 2.45) is 5.84 Å². The lowest BCUT2D eigenvalue weighted by Gasteiger charge is -2.23. The highest BCUT2D eigenvalue weighted by atomic mass is 19.1. The normalized spacial score (nSPS) is 10.5. The fourth-order valence-electron chi connectivity index (χ4n) is 2.02. The molecule has 0 spiro atoms. The summed E-state index contributed by atoms with van der Waals surface area (Å²) in [6, 6.07) is 8.20. The van der Waals surface area contributed by atoms with Crippen molar-refractivity contribution in [2.75, 3.05) is 24.0 Å². The summed E-state index contributed by atoms with van der Waals surface area (Å²) in [7, 11) is 1.56. The lowest BCUT2D eigenvalue weighted by Crippen LogP contribution is -2.21. The summed E-state index contributed by atoms with van der Waals surface area (Å²) >= 11 is 0. The molecule has 0 amide bonds. The van der Waals surface area contributed by atoms with Gasteiger partial charge in [-0.25, -0.2) is 20.2 Å². The largest absolute Gasteiger partial charge is 0.377 e. The SMILES string of the molecule is CCN(c1cc(NN)nc(COC)n1)c1ccccc1F. The van der Waals surface area contributed by atoms with Gasteiger partial charge >= 0.3 is 0 Å². The molecule has 0 unspecified atom stereocenters. The van der Waals surface area contributed by atoms with Gasteiger partial charge in [-0.05, 0) is 19.1 Å². The summed E-state index contributed by atoms with van der Waals surface area (Å²) in [5, 5.41) is 0. The lowest BCUT2D eigenvalue weighted by molar-refractivity contribution is 0.178. The third-order valence-corrected chi connectivity index (χ3v) is 2.92. The Morgan fingerprint density at radius 3 is 2.71 bits per heavy atom. The molecule has 3 N–H and O–H groups in total. The van der Waals surface area contributed by atoms with Gasteiger partial charge in [-0.2, -0.15) is 0 Å². The Bertz CT molecular complexity index is 608. The maximum Gasteiger partial charge on any atom is 0.158 e. The number of ether oxygens (including phenoxy) is 1. The molecule has 0 saturated heterocycles. The molecule has 0 bridgehead atoms. The fourth-order valence-corrected chi connectivity index (χ4v) is 2.02. The topological polar surface area (TPSA) is 76.3 Å². The molecule has 6 nitrogen and oxygen atoms in total. The average Bonchev–Trinajstić information content (AvgIpc) is 2.50. The second-order valence-electron chi connectivity index (χ2n) is 4.30. The number of aromatic nitrogens is 2. The van der Waals surface area contributed by atoms with Gasteiger partial charge in [0.2, 0.25) is 0 Å². The molecule has 112 valence electrons. The number of rotatable bonds is 6. The summed E-state index contributed by atoms with van der Waals surface area (Å²) in [5.74, 6) is 6.58. The Labute approximate surface area is 122 Å². The molecule has 1 aromatic carbocycles. The minimum absolute atomic E-state index is 0.247. The molecule has 7 heteroatoms. The van der Waals surface area contributed by atoms with Crippen LogP contribution in [0.15, 0.2) is 30.3 Å². The Morgan fingerprint density at radius 1 is 1.33 bits per heavy atom. The van der Waals surface area contributed by atoms with Crippen molar-refractivity contribution in [2.45, 2.75) is 13.5 Å². The van der Waals surface area contributed by atoms with E-state index in [1.807, 2.05) is 6.92 Å². The van der Waals surface area contributed by atoms with Gasteiger partial charge < -0.3 is 15.1 Å². The van der Waals surface area contributed by atoms with E-state index in [1.54, 1.807) is 36.3 Å². The number of nitrogens with two attached hydrogens (primary N) is 1. The number of nitrogen functional groups attached to an aromatic ring is 1. The average molecular weight is 291 g/mol. The predicted octanol–water partition coefficient (Wildman–Crippen LogP) is 2.21. The minimum atomic E-state index is -0.312. The summed E-state index contributed by atoms with van der Waals surface area (Å²) in [6.45, 7) is 2.71. The standard InChI is InChI=1S/C14H18FN5O/c1-3-20(11-7-5-4-6-10(11)15)14-8-12(19-16)17-13(18-14)9-21-2/h4-8H,3,9,16H2,1-2H3,(H,17,18,19). The molecule has 0 aliphatic carbocycles. The van der Waals surface area contributed by atoms with Crippen LogP contribution in [0.4, 0.5) is 21.7 Å². The number of hydrogen-bond acceptors (Lipinski definition) is 6. The highest BCUT2D eigenvalue weighted by molar-refractivity contribution is 5.62. The summed E-state index contributed by atoms with van der Waals surface area (Å²) in [5.41, 5.74) is 2.93. The van der Waals surface area contributed by atoms with Crippen LogP contribution in [0, 0.1) is 5.82 Å². The molecule has 0 aliphatic rings. The molecule has 0 radical (unpaired) electrons. The molecule has 0 aliphatic heterocycles. The minimum Gasteiger partial charge on any atom is -0.377 e. The van der Waals surface area contributed by atoms with Gasteiger partial charge in [0.15, 0.2) is 5.82 Å². The number of hydrogen-bond donors (Lipinski definition) is 2. The van der Waals surface area contributed by atoms with Crippen LogP contribution in [-0.2, 0) is 11.3 Å². The Balaban J connectivity index is 2.46. The first kappa shape index (κ1) is 15.1. The van der Waals surface area contributed by atoms with E-state index in [9.17, 15) is 4.39 Å². The first-order chi connectivity index (χ1) is 10.2. The van der Waals surface area contributed by atoms with Gasteiger partial charge in [0, 0.05) is 19.7 Å². The number of hydrazine groups is 1. The van der Waals surface area contributed by atoms with Gasteiger partial charge in [0.05, 0.1) is 5.69 Å². The van der Waals surface area contributed by atoms with E-state index in [0.29, 0.717) is 29.7 Å². The van der Waals surface area contributed by atoms with Crippen LogP contribution in [0.3, 0.4) is 0 Å². The molecule has 2 aromatic rings. The van der Waals surface area contributed by atoms with Gasteiger partial charge in [0.25, 0.3) is 0 Å². The fraction of sp³-hybridized carbons (Fsp3) is 0.286. The first-order valence-electron chi connectivity index (χ1n) is 6.55. The number of para-hydroxylation sites is 1. The number of anilines is 3. The van der Waals surface area contributed by atoms with Crippen LogP contribution < -0.4 is 16.2 Å². The van der Waals surface area contributed by atoms with Crippen molar-refractivity contribution in [1.29, 1.82) is 0 Å². The molecule has 0 atom stereocenters. The number of methoxy groups -OCH3 is 1. The van der Waals surface area contributed by atoms with E-state index in [2.05, 4.69) is 15.4 Å². The zero-order valence-electron chi connectivity index (χ0n) is 12.0.